The number of carbonyl (C=O) groups is 2. The third-order valence-corrected chi connectivity index (χ3v) is 2.28. The molecule has 0 aromatic heterocycles. The van der Waals surface area contributed by atoms with E-state index in [1.165, 1.54) is 0 Å². The number of hydrogen-bond donors (Lipinski definition) is 2. The molecule has 0 aliphatic carbocycles. The molecule has 0 aromatic rings. The number of rotatable bonds is 7. The number of hydrogen-bond acceptors (Lipinski definition) is 2. The molecule has 94 valence electrons. The summed E-state index contributed by atoms with van der Waals surface area (Å²) in [6, 6.07) is -0.200. The Hall–Kier alpha value is -1.26. The van der Waals surface area contributed by atoms with Gasteiger partial charge in [0, 0.05) is 32.6 Å². The van der Waals surface area contributed by atoms with Gasteiger partial charge in [0.2, 0.25) is 5.91 Å². The highest BCUT2D eigenvalue weighted by Gasteiger charge is 2.09. The lowest BCUT2D eigenvalue weighted by molar-refractivity contribution is -0.130. The molecule has 3 amide bonds. The number of nitrogens with zero attached hydrogens (tertiary/aromatic N) is 1. The largest absolute Gasteiger partial charge is 0.343 e. The van der Waals surface area contributed by atoms with Crippen LogP contribution in [-0.2, 0) is 4.79 Å². The maximum atomic E-state index is 11.6. The minimum Gasteiger partial charge on any atom is -0.343 e. The first-order valence-electron chi connectivity index (χ1n) is 5.95. The molecular weight excluding hydrogens is 206 g/mol. The molecule has 5 nitrogen and oxygen atoms in total. The molecule has 0 bridgehead atoms. The van der Waals surface area contributed by atoms with Gasteiger partial charge in [-0.05, 0) is 20.3 Å². The SMILES string of the molecule is CCCNC(=O)NCCC(=O)N(CC)CC. The summed E-state index contributed by atoms with van der Waals surface area (Å²) in [6.07, 6.45) is 1.27. The van der Waals surface area contributed by atoms with Crippen LogP contribution in [0.4, 0.5) is 4.79 Å². The average molecular weight is 229 g/mol. The summed E-state index contributed by atoms with van der Waals surface area (Å²) in [5.74, 6) is 0.0841. The lowest BCUT2D eigenvalue weighted by atomic mass is 10.3. The van der Waals surface area contributed by atoms with Crippen LogP contribution in [0.3, 0.4) is 0 Å². The molecule has 0 radical (unpaired) electrons. The second-order valence-corrected chi connectivity index (χ2v) is 3.50. The Labute approximate surface area is 97.6 Å². The van der Waals surface area contributed by atoms with Crippen LogP contribution in [0.5, 0.6) is 0 Å². The maximum absolute atomic E-state index is 11.6. The van der Waals surface area contributed by atoms with Gasteiger partial charge >= 0.3 is 6.03 Å². The Balaban J connectivity index is 3.64. The highest BCUT2D eigenvalue weighted by Crippen LogP contribution is 1.92. The lowest BCUT2D eigenvalue weighted by Gasteiger charge is -2.18. The van der Waals surface area contributed by atoms with Crippen molar-refractivity contribution in [2.24, 2.45) is 0 Å². The Morgan fingerprint density at radius 1 is 1.00 bits per heavy atom. The fourth-order valence-electron chi connectivity index (χ4n) is 1.32. The lowest BCUT2D eigenvalue weighted by Crippen LogP contribution is -2.39. The van der Waals surface area contributed by atoms with Crippen LogP contribution in [0.15, 0.2) is 0 Å². The minimum absolute atomic E-state index is 0.0841. The van der Waals surface area contributed by atoms with E-state index >= 15 is 0 Å². The molecule has 0 heterocycles. The highest BCUT2D eigenvalue weighted by atomic mass is 16.2. The maximum Gasteiger partial charge on any atom is 0.314 e. The molecule has 0 saturated carbocycles. The molecule has 0 atom stereocenters. The number of amides is 3. The van der Waals surface area contributed by atoms with Gasteiger partial charge in [0.05, 0.1) is 0 Å². The Morgan fingerprint density at radius 3 is 2.06 bits per heavy atom. The van der Waals surface area contributed by atoms with E-state index in [1.54, 1.807) is 4.90 Å². The van der Waals surface area contributed by atoms with Gasteiger partial charge in [-0.25, -0.2) is 4.79 Å². The molecular formula is C11H23N3O2. The summed E-state index contributed by atoms with van der Waals surface area (Å²) in [4.78, 5) is 24.5. The van der Waals surface area contributed by atoms with Crippen molar-refractivity contribution in [3.8, 4) is 0 Å². The van der Waals surface area contributed by atoms with Crippen molar-refractivity contribution in [1.29, 1.82) is 0 Å². The molecule has 0 spiro atoms. The number of urea groups is 1. The van der Waals surface area contributed by atoms with Gasteiger partial charge < -0.3 is 15.5 Å². The summed E-state index contributed by atoms with van der Waals surface area (Å²) in [5, 5.41) is 5.34. The summed E-state index contributed by atoms with van der Waals surface area (Å²) in [5.41, 5.74) is 0. The van der Waals surface area contributed by atoms with Crippen molar-refractivity contribution in [2.45, 2.75) is 33.6 Å². The number of carbonyl (C=O) groups excluding carboxylic acids is 2. The summed E-state index contributed by atoms with van der Waals surface area (Å²) in [7, 11) is 0. The number of nitrogens with one attached hydrogen (secondary N) is 2. The van der Waals surface area contributed by atoms with Crippen LogP contribution in [0.2, 0.25) is 0 Å². The van der Waals surface area contributed by atoms with E-state index < -0.39 is 0 Å². The van der Waals surface area contributed by atoms with Crippen molar-refractivity contribution in [1.82, 2.24) is 15.5 Å². The smallest absolute Gasteiger partial charge is 0.314 e. The fourth-order valence-corrected chi connectivity index (χ4v) is 1.32. The average Bonchev–Trinajstić information content (AvgIpc) is 2.28. The molecule has 0 saturated heterocycles. The molecule has 0 rings (SSSR count). The molecule has 2 N–H and O–H groups in total. The summed E-state index contributed by atoms with van der Waals surface area (Å²) in [6.45, 7) is 8.38. The standard InChI is InChI=1S/C11H23N3O2/c1-4-8-12-11(16)13-9-7-10(15)14(5-2)6-3/h4-9H2,1-3H3,(H2,12,13,16). The molecule has 0 aliphatic heterocycles. The second-order valence-electron chi connectivity index (χ2n) is 3.50. The zero-order valence-corrected chi connectivity index (χ0v) is 10.5. The van der Waals surface area contributed by atoms with Gasteiger partial charge in [0.1, 0.15) is 0 Å². The third-order valence-electron chi connectivity index (χ3n) is 2.28. The highest BCUT2D eigenvalue weighted by molar-refractivity contribution is 5.78. The van der Waals surface area contributed by atoms with E-state index in [0.29, 0.717) is 19.5 Å². The van der Waals surface area contributed by atoms with E-state index in [-0.39, 0.29) is 11.9 Å². The van der Waals surface area contributed by atoms with Crippen LogP contribution in [0.25, 0.3) is 0 Å². The van der Waals surface area contributed by atoms with Crippen molar-refractivity contribution < 1.29 is 9.59 Å². The topological polar surface area (TPSA) is 61.4 Å². The fraction of sp³-hybridized carbons (Fsp3) is 0.818. The quantitative estimate of drug-likeness (QED) is 0.683. The molecule has 0 fully saturated rings. The molecule has 5 heteroatoms. The Kier molecular flexibility index (Phi) is 8.29. The minimum atomic E-state index is -0.200. The zero-order valence-electron chi connectivity index (χ0n) is 10.5. The van der Waals surface area contributed by atoms with E-state index in [4.69, 9.17) is 0 Å². The summed E-state index contributed by atoms with van der Waals surface area (Å²) >= 11 is 0. The third kappa shape index (κ3) is 6.27. The van der Waals surface area contributed by atoms with Crippen molar-refractivity contribution in [3.05, 3.63) is 0 Å². The van der Waals surface area contributed by atoms with E-state index in [1.807, 2.05) is 20.8 Å². The molecule has 0 unspecified atom stereocenters. The van der Waals surface area contributed by atoms with Gasteiger partial charge in [0.15, 0.2) is 0 Å². The zero-order chi connectivity index (χ0) is 12.4. The normalized spacial score (nSPS) is 9.69. The monoisotopic (exact) mass is 229 g/mol. The van der Waals surface area contributed by atoms with Gasteiger partial charge in [0.25, 0.3) is 0 Å². The Morgan fingerprint density at radius 2 is 1.56 bits per heavy atom. The first kappa shape index (κ1) is 14.7. The van der Waals surface area contributed by atoms with Crippen LogP contribution >= 0.6 is 0 Å². The van der Waals surface area contributed by atoms with E-state index in [0.717, 1.165) is 19.5 Å². The second kappa shape index (κ2) is 9.00. The van der Waals surface area contributed by atoms with Gasteiger partial charge in [-0.1, -0.05) is 6.92 Å². The van der Waals surface area contributed by atoms with Gasteiger partial charge in [-0.3, -0.25) is 4.79 Å². The van der Waals surface area contributed by atoms with Crippen LogP contribution in [-0.4, -0.2) is 43.0 Å². The predicted octanol–water partition coefficient (Wildman–Crippen LogP) is 0.954. The van der Waals surface area contributed by atoms with E-state index in [9.17, 15) is 9.59 Å². The first-order chi connectivity index (χ1) is 7.65. The molecule has 16 heavy (non-hydrogen) atoms. The first-order valence-corrected chi connectivity index (χ1v) is 5.95. The van der Waals surface area contributed by atoms with Gasteiger partial charge in [-0.2, -0.15) is 0 Å². The van der Waals surface area contributed by atoms with E-state index in [2.05, 4.69) is 10.6 Å². The van der Waals surface area contributed by atoms with Crippen molar-refractivity contribution >= 4 is 11.9 Å². The van der Waals surface area contributed by atoms with Crippen LogP contribution in [0, 0.1) is 0 Å². The van der Waals surface area contributed by atoms with Crippen molar-refractivity contribution in [3.63, 3.8) is 0 Å². The van der Waals surface area contributed by atoms with Crippen LogP contribution < -0.4 is 10.6 Å². The van der Waals surface area contributed by atoms with Gasteiger partial charge in [-0.15, -0.1) is 0 Å². The molecule has 0 aliphatic rings. The van der Waals surface area contributed by atoms with Crippen molar-refractivity contribution in [2.75, 3.05) is 26.2 Å². The Bertz CT molecular complexity index is 215. The summed E-state index contributed by atoms with van der Waals surface area (Å²) < 4.78 is 0. The van der Waals surface area contributed by atoms with Crippen LogP contribution in [0.1, 0.15) is 33.6 Å². The predicted molar refractivity (Wildman–Crippen MR) is 64.2 cm³/mol. The molecule has 0 aromatic carbocycles.